The van der Waals surface area contributed by atoms with E-state index >= 15 is 0 Å². The van der Waals surface area contributed by atoms with E-state index in [-0.39, 0.29) is 0 Å². The molecule has 2 rings (SSSR count). The van der Waals surface area contributed by atoms with Crippen LogP contribution >= 0.6 is 0 Å². The molecule has 0 aliphatic carbocycles. The van der Waals surface area contributed by atoms with Crippen molar-refractivity contribution >= 4 is 0 Å². The zero-order valence-corrected chi connectivity index (χ0v) is 8.99. The molecule has 3 N–H and O–H groups in total. The summed E-state index contributed by atoms with van der Waals surface area (Å²) in [5.74, 6) is 1.56. The summed E-state index contributed by atoms with van der Waals surface area (Å²) in [6, 6.07) is 3.72. The largest absolute Gasteiger partial charge is 0.496 e. The fourth-order valence-corrected chi connectivity index (χ4v) is 2.07. The fourth-order valence-electron chi connectivity index (χ4n) is 2.07. The predicted molar refractivity (Wildman–Crippen MR) is 55.0 cm³/mol. The van der Waals surface area contributed by atoms with E-state index in [9.17, 15) is 5.11 Å². The number of aliphatic hydroxyl groups is 1. The molecule has 0 saturated heterocycles. The lowest BCUT2D eigenvalue weighted by Gasteiger charge is -2.23. The summed E-state index contributed by atoms with van der Waals surface area (Å²) in [6.07, 6.45) is -0.473. The lowest BCUT2D eigenvalue weighted by atomic mass is 9.96. The number of nitrogens with two attached hydrogens (primary N) is 1. The van der Waals surface area contributed by atoms with E-state index in [1.54, 1.807) is 14.2 Å². The molecule has 1 aliphatic rings. The Hall–Kier alpha value is -1.26. The van der Waals surface area contributed by atoms with Crippen molar-refractivity contribution in [3.05, 3.63) is 23.3 Å². The van der Waals surface area contributed by atoms with Crippen LogP contribution in [0.25, 0.3) is 0 Å². The smallest absolute Gasteiger partial charge is 0.132 e. The second-order valence-corrected chi connectivity index (χ2v) is 3.61. The van der Waals surface area contributed by atoms with Crippen molar-refractivity contribution < 1.29 is 19.9 Å². The highest BCUT2D eigenvalue weighted by atomic mass is 16.5. The third-order valence-corrected chi connectivity index (χ3v) is 2.79. The molecule has 0 aromatic heterocycles. The van der Waals surface area contributed by atoms with E-state index in [4.69, 9.17) is 9.47 Å². The van der Waals surface area contributed by atoms with Crippen molar-refractivity contribution in [3.8, 4) is 11.5 Å². The Bertz CT molecular complexity index is 365. The van der Waals surface area contributed by atoms with E-state index in [2.05, 4.69) is 5.32 Å². The van der Waals surface area contributed by atoms with Gasteiger partial charge in [-0.25, -0.2) is 0 Å². The van der Waals surface area contributed by atoms with Crippen LogP contribution in [-0.2, 0) is 6.54 Å². The molecule has 0 spiro atoms. The van der Waals surface area contributed by atoms with Crippen molar-refractivity contribution in [2.24, 2.45) is 0 Å². The molecule has 82 valence electrons. The highest BCUT2D eigenvalue weighted by molar-refractivity contribution is 5.50. The molecular weight excluding hydrogens is 194 g/mol. The van der Waals surface area contributed by atoms with Crippen molar-refractivity contribution in [1.29, 1.82) is 0 Å². The maximum Gasteiger partial charge on any atom is 0.132 e. The van der Waals surface area contributed by atoms with Crippen molar-refractivity contribution in [2.45, 2.75) is 12.6 Å². The number of hydrogen-bond acceptors (Lipinski definition) is 3. The molecule has 0 bridgehead atoms. The van der Waals surface area contributed by atoms with Gasteiger partial charge >= 0.3 is 0 Å². The standard InChI is InChI=1S/C11H15NO3/c1-14-9-3-4-10(15-2)11-7(9)5-12-6-8(11)13/h3-4,8,12-13H,5-6H2,1-2H3/p+1/t8-/m0/s1. The maximum absolute atomic E-state index is 9.93. The second-order valence-electron chi connectivity index (χ2n) is 3.61. The van der Waals surface area contributed by atoms with Gasteiger partial charge in [0.2, 0.25) is 0 Å². The molecule has 1 aromatic rings. The molecule has 1 heterocycles. The summed E-state index contributed by atoms with van der Waals surface area (Å²) in [5, 5.41) is 12.0. The minimum absolute atomic E-state index is 0.473. The van der Waals surface area contributed by atoms with Crippen molar-refractivity contribution in [1.82, 2.24) is 0 Å². The second kappa shape index (κ2) is 4.08. The van der Waals surface area contributed by atoms with Gasteiger partial charge in [-0.15, -0.1) is 0 Å². The Labute approximate surface area is 88.8 Å². The first-order valence-electron chi connectivity index (χ1n) is 5.01. The lowest BCUT2D eigenvalue weighted by molar-refractivity contribution is -0.681. The summed E-state index contributed by atoms with van der Waals surface area (Å²) in [4.78, 5) is 0. The van der Waals surface area contributed by atoms with Crippen LogP contribution in [0.3, 0.4) is 0 Å². The number of quaternary nitrogens is 1. The van der Waals surface area contributed by atoms with Crippen LogP contribution < -0.4 is 14.8 Å². The number of aliphatic hydroxyl groups excluding tert-OH is 1. The Morgan fingerprint density at radius 3 is 2.60 bits per heavy atom. The van der Waals surface area contributed by atoms with Gasteiger partial charge in [-0.2, -0.15) is 0 Å². The van der Waals surface area contributed by atoms with Crippen LogP contribution in [0.4, 0.5) is 0 Å². The zero-order chi connectivity index (χ0) is 10.8. The zero-order valence-electron chi connectivity index (χ0n) is 8.99. The molecule has 1 aromatic carbocycles. The SMILES string of the molecule is COc1ccc(OC)c2c1C[NH2+]C[C@@H]2O. The van der Waals surface area contributed by atoms with E-state index < -0.39 is 6.10 Å². The molecule has 0 radical (unpaired) electrons. The summed E-state index contributed by atoms with van der Waals surface area (Å²) in [5.41, 5.74) is 1.91. The number of methoxy groups -OCH3 is 2. The lowest BCUT2D eigenvalue weighted by Crippen LogP contribution is -2.85. The third-order valence-electron chi connectivity index (χ3n) is 2.79. The number of benzene rings is 1. The van der Waals surface area contributed by atoms with E-state index in [0.717, 1.165) is 29.2 Å². The van der Waals surface area contributed by atoms with Crippen LogP contribution in [0.1, 0.15) is 17.2 Å². The van der Waals surface area contributed by atoms with Gasteiger partial charge < -0.3 is 19.9 Å². The van der Waals surface area contributed by atoms with Gasteiger partial charge in [0, 0.05) is 5.56 Å². The minimum atomic E-state index is -0.473. The van der Waals surface area contributed by atoms with Crippen LogP contribution in [0.2, 0.25) is 0 Å². The number of hydrogen-bond donors (Lipinski definition) is 2. The predicted octanol–water partition coefficient (Wildman–Crippen LogP) is -0.186. The summed E-state index contributed by atoms with van der Waals surface area (Å²) >= 11 is 0. The van der Waals surface area contributed by atoms with Crippen molar-refractivity contribution in [2.75, 3.05) is 20.8 Å². The van der Waals surface area contributed by atoms with Gasteiger partial charge in [0.25, 0.3) is 0 Å². The van der Waals surface area contributed by atoms with Crippen LogP contribution in [0, 0.1) is 0 Å². The van der Waals surface area contributed by atoms with Gasteiger partial charge in [0.1, 0.15) is 30.7 Å². The molecule has 0 unspecified atom stereocenters. The Balaban J connectivity index is 2.56. The fraction of sp³-hybridized carbons (Fsp3) is 0.455. The van der Waals surface area contributed by atoms with Crippen LogP contribution in [-0.4, -0.2) is 25.9 Å². The summed E-state index contributed by atoms with van der Waals surface area (Å²) < 4.78 is 10.5. The van der Waals surface area contributed by atoms with E-state index in [1.807, 2.05) is 12.1 Å². The maximum atomic E-state index is 9.93. The van der Waals surface area contributed by atoms with Gasteiger partial charge in [-0.1, -0.05) is 0 Å². The van der Waals surface area contributed by atoms with Crippen LogP contribution in [0.15, 0.2) is 12.1 Å². The number of ether oxygens (including phenoxy) is 2. The average molecular weight is 210 g/mol. The molecule has 4 heteroatoms. The Morgan fingerprint density at radius 2 is 1.93 bits per heavy atom. The highest BCUT2D eigenvalue weighted by Gasteiger charge is 2.27. The third kappa shape index (κ3) is 1.66. The average Bonchev–Trinajstić information content (AvgIpc) is 2.28. The van der Waals surface area contributed by atoms with Crippen molar-refractivity contribution in [3.63, 3.8) is 0 Å². The topological polar surface area (TPSA) is 55.3 Å². The summed E-state index contributed by atoms with van der Waals surface area (Å²) in [7, 11) is 3.26. The number of rotatable bonds is 2. The van der Waals surface area contributed by atoms with Gasteiger partial charge in [-0.05, 0) is 12.1 Å². The minimum Gasteiger partial charge on any atom is -0.496 e. The Morgan fingerprint density at radius 1 is 1.27 bits per heavy atom. The Kier molecular flexibility index (Phi) is 2.79. The summed E-state index contributed by atoms with van der Waals surface area (Å²) in [6.45, 7) is 1.50. The first-order valence-corrected chi connectivity index (χ1v) is 5.01. The molecule has 0 saturated carbocycles. The molecule has 15 heavy (non-hydrogen) atoms. The monoisotopic (exact) mass is 210 g/mol. The first-order chi connectivity index (χ1) is 7.27. The quantitative estimate of drug-likeness (QED) is 0.711. The number of fused-ring (bicyclic) bond motifs is 1. The molecule has 0 amide bonds. The molecule has 1 atom stereocenters. The molecule has 1 aliphatic heterocycles. The van der Waals surface area contributed by atoms with Gasteiger partial charge in [-0.3, -0.25) is 0 Å². The highest BCUT2D eigenvalue weighted by Crippen LogP contribution is 2.35. The van der Waals surface area contributed by atoms with Crippen LogP contribution in [0.5, 0.6) is 11.5 Å². The van der Waals surface area contributed by atoms with E-state index in [0.29, 0.717) is 6.54 Å². The normalized spacial score (nSPS) is 19.5. The van der Waals surface area contributed by atoms with E-state index in [1.165, 1.54) is 0 Å². The van der Waals surface area contributed by atoms with Gasteiger partial charge in [0.15, 0.2) is 0 Å². The first kappa shape index (κ1) is 10.3. The molecule has 4 nitrogen and oxygen atoms in total. The molecule has 0 fully saturated rings. The molecular formula is C11H16NO3+. The van der Waals surface area contributed by atoms with Gasteiger partial charge in [0.05, 0.1) is 19.8 Å².